The van der Waals surface area contributed by atoms with E-state index in [1.165, 1.54) is 6.08 Å². The van der Waals surface area contributed by atoms with Crippen LogP contribution in [0.4, 0.5) is 0 Å². The van der Waals surface area contributed by atoms with Crippen molar-refractivity contribution in [3.63, 3.8) is 0 Å². The third kappa shape index (κ3) is 18.3. The van der Waals surface area contributed by atoms with Gasteiger partial charge in [-0.25, -0.2) is 0 Å². The van der Waals surface area contributed by atoms with E-state index < -0.39 is 5.97 Å². The summed E-state index contributed by atoms with van der Waals surface area (Å²) < 4.78 is 4.57. The molecule has 0 amide bonds. The van der Waals surface area contributed by atoms with E-state index in [0.717, 1.165) is 6.42 Å². The van der Waals surface area contributed by atoms with Gasteiger partial charge in [-0.05, 0) is 13.3 Å². The van der Waals surface area contributed by atoms with Crippen LogP contribution < -0.4 is 0 Å². The molecule has 0 atom stereocenters. The summed E-state index contributed by atoms with van der Waals surface area (Å²) in [7, 11) is 0. The Morgan fingerprint density at radius 3 is 2.25 bits per heavy atom. The SMILES string of the molecule is C=CCC(=O)OCC.CCC=CCC(=O)O. The average molecular weight is 228 g/mol. The summed E-state index contributed by atoms with van der Waals surface area (Å²) in [5, 5.41) is 8.09. The number of carboxylic acids is 1. The lowest BCUT2D eigenvalue weighted by Crippen LogP contribution is -2.00. The number of allylic oxidation sites excluding steroid dienone is 1. The van der Waals surface area contributed by atoms with E-state index in [0.29, 0.717) is 13.0 Å². The topological polar surface area (TPSA) is 63.6 Å². The first kappa shape index (κ1) is 16.8. The van der Waals surface area contributed by atoms with Crippen molar-refractivity contribution >= 4 is 11.9 Å². The Morgan fingerprint density at radius 2 is 1.88 bits per heavy atom. The molecule has 16 heavy (non-hydrogen) atoms. The van der Waals surface area contributed by atoms with Crippen LogP contribution in [-0.2, 0) is 14.3 Å². The molecule has 92 valence electrons. The molecule has 0 fully saturated rings. The van der Waals surface area contributed by atoms with Gasteiger partial charge in [0.1, 0.15) is 0 Å². The Balaban J connectivity index is 0. The standard InChI is InChI=1S/2C6H10O2/c1-3-5-6(7)8-4-2;1-2-3-4-5-6(7)8/h3H,1,4-5H2,2H3;3-4H,2,5H2,1H3,(H,7,8). The molecule has 0 aliphatic carbocycles. The Labute approximate surface area is 96.6 Å². The molecule has 0 aromatic heterocycles. The first-order chi connectivity index (χ1) is 7.58. The predicted molar refractivity (Wildman–Crippen MR) is 63.1 cm³/mol. The van der Waals surface area contributed by atoms with Crippen LogP contribution in [-0.4, -0.2) is 23.7 Å². The molecule has 0 aromatic carbocycles. The molecule has 0 radical (unpaired) electrons. The van der Waals surface area contributed by atoms with Crippen LogP contribution in [0, 0.1) is 0 Å². The van der Waals surface area contributed by atoms with Crippen molar-refractivity contribution in [2.45, 2.75) is 33.1 Å². The van der Waals surface area contributed by atoms with Gasteiger partial charge in [-0.2, -0.15) is 0 Å². The molecule has 0 bridgehead atoms. The second-order valence-electron chi connectivity index (χ2n) is 2.78. The maximum absolute atomic E-state index is 10.3. The summed E-state index contributed by atoms with van der Waals surface area (Å²) in [6, 6.07) is 0. The summed E-state index contributed by atoms with van der Waals surface area (Å²) in [4.78, 5) is 20.2. The van der Waals surface area contributed by atoms with Gasteiger partial charge in [0.15, 0.2) is 0 Å². The quantitative estimate of drug-likeness (QED) is 0.560. The van der Waals surface area contributed by atoms with Crippen LogP contribution >= 0.6 is 0 Å². The molecule has 0 heterocycles. The lowest BCUT2D eigenvalue weighted by atomic mass is 10.3. The minimum atomic E-state index is -0.769. The highest BCUT2D eigenvalue weighted by molar-refractivity contribution is 5.70. The molecule has 0 unspecified atom stereocenters. The monoisotopic (exact) mass is 228 g/mol. The summed E-state index contributed by atoms with van der Waals surface area (Å²) in [5.41, 5.74) is 0. The van der Waals surface area contributed by atoms with Gasteiger partial charge in [-0.3, -0.25) is 9.59 Å². The Morgan fingerprint density at radius 1 is 1.25 bits per heavy atom. The fourth-order valence-corrected chi connectivity index (χ4v) is 0.689. The van der Waals surface area contributed by atoms with Crippen LogP contribution in [0.1, 0.15) is 33.1 Å². The lowest BCUT2D eigenvalue weighted by Gasteiger charge is -1.94. The zero-order valence-electron chi connectivity index (χ0n) is 9.94. The van der Waals surface area contributed by atoms with Gasteiger partial charge in [0.25, 0.3) is 0 Å². The number of carbonyl (C=O) groups is 2. The van der Waals surface area contributed by atoms with Crippen LogP contribution in [0.15, 0.2) is 24.8 Å². The van der Waals surface area contributed by atoms with Crippen molar-refractivity contribution in [1.82, 2.24) is 0 Å². The molecule has 0 spiro atoms. The molecule has 0 saturated heterocycles. The van der Waals surface area contributed by atoms with E-state index >= 15 is 0 Å². The van der Waals surface area contributed by atoms with E-state index in [-0.39, 0.29) is 12.4 Å². The molecular formula is C12H20O4. The highest BCUT2D eigenvalue weighted by Crippen LogP contribution is 1.85. The van der Waals surface area contributed by atoms with Crippen LogP contribution in [0.3, 0.4) is 0 Å². The maximum atomic E-state index is 10.3. The zero-order chi connectivity index (χ0) is 12.8. The van der Waals surface area contributed by atoms with Gasteiger partial charge >= 0.3 is 11.9 Å². The van der Waals surface area contributed by atoms with Crippen molar-refractivity contribution in [3.8, 4) is 0 Å². The summed E-state index contributed by atoms with van der Waals surface area (Å²) in [6.45, 7) is 7.58. The van der Waals surface area contributed by atoms with E-state index in [4.69, 9.17) is 5.11 Å². The molecule has 1 N–H and O–H groups in total. The van der Waals surface area contributed by atoms with E-state index in [9.17, 15) is 9.59 Å². The third-order valence-electron chi connectivity index (χ3n) is 1.31. The van der Waals surface area contributed by atoms with Crippen molar-refractivity contribution in [1.29, 1.82) is 0 Å². The minimum absolute atomic E-state index is 0.147. The van der Waals surface area contributed by atoms with Gasteiger partial charge in [-0.15, -0.1) is 6.58 Å². The summed E-state index contributed by atoms with van der Waals surface area (Å²) in [6.07, 6.45) is 6.39. The van der Waals surface area contributed by atoms with Gasteiger partial charge in [0, 0.05) is 0 Å². The van der Waals surface area contributed by atoms with Gasteiger partial charge < -0.3 is 9.84 Å². The summed E-state index contributed by atoms with van der Waals surface area (Å²) in [5.74, 6) is -0.975. The highest BCUT2D eigenvalue weighted by atomic mass is 16.5. The number of carbonyl (C=O) groups excluding carboxylic acids is 1. The Hall–Kier alpha value is -1.58. The van der Waals surface area contributed by atoms with Gasteiger partial charge in [-0.1, -0.05) is 25.2 Å². The number of ether oxygens (including phenoxy) is 1. The van der Waals surface area contributed by atoms with E-state index in [1.807, 2.05) is 13.0 Å². The third-order valence-corrected chi connectivity index (χ3v) is 1.31. The second kappa shape index (κ2) is 13.4. The van der Waals surface area contributed by atoms with E-state index in [2.05, 4.69) is 11.3 Å². The molecule has 0 aliphatic heterocycles. The molecule has 4 nitrogen and oxygen atoms in total. The fraction of sp³-hybridized carbons (Fsp3) is 0.500. The normalized spacial score (nSPS) is 9.12. The first-order valence-corrected chi connectivity index (χ1v) is 5.21. The molecule has 4 heteroatoms. The number of aliphatic carboxylic acids is 1. The Kier molecular flexibility index (Phi) is 14.1. The predicted octanol–water partition coefficient (Wildman–Crippen LogP) is 2.55. The number of rotatable bonds is 6. The minimum Gasteiger partial charge on any atom is -0.481 e. The van der Waals surface area contributed by atoms with Crippen molar-refractivity contribution in [2.24, 2.45) is 0 Å². The molecule has 0 saturated carbocycles. The Bertz CT molecular complexity index is 231. The zero-order valence-corrected chi connectivity index (χ0v) is 9.94. The molecule has 0 aliphatic rings. The average Bonchev–Trinajstić information content (AvgIpc) is 2.19. The number of hydrogen-bond acceptors (Lipinski definition) is 3. The fourth-order valence-electron chi connectivity index (χ4n) is 0.689. The number of hydrogen-bond donors (Lipinski definition) is 1. The molecule has 0 aromatic rings. The first-order valence-electron chi connectivity index (χ1n) is 5.21. The lowest BCUT2D eigenvalue weighted by molar-refractivity contribution is -0.142. The maximum Gasteiger partial charge on any atom is 0.309 e. The van der Waals surface area contributed by atoms with Crippen molar-refractivity contribution in [3.05, 3.63) is 24.8 Å². The van der Waals surface area contributed by atoms with E-state index in [1.54, 1.807) is 13.0 Å². The van der Waals surface area contributed by atoms with Crippen molar-refractivity contribution in [2.75, 3.05) is 6.61 Å². The largest absolute Gasteiger partial charge is 0.481 e. The van der Waals surface area contributed by atoms with Crippen LogP contribution in [0.25, 0.3) is 0 Å². The van der Waals surface area contributed by atoms with Gasteiger partial charge in [0.2, 0.25) is 0 Å². The van der Waals surface area contributed by atoms with Crippen molar-refractivity contribution < 1.29 is 19.4 Å². The molecular weight excluding hydrogens is 208 g/mol. The number of esters is 1. The van der Waals surface area contributed by atoms with Gasteiger partial charge in [0.05, 0.1) is 19.4 Å². The number of carboxylic acid groups (broad SMARTS) is 1. The van der Waals surface area contributed by atoms with Crippen LogP contribution in [0.2, 0.25) is 0 Å². The highest BCUT2D eigenvalue weighted by Gasteiger charge is 1.93. The molecule has 0 rings (SSSR count). The van der Waals surface area contributed by atoms with Crippen LogP contribution in [0.5, 0.6) is 0 Å². The smallest absolute Gasteiger partial charge is 0.309 e. The second-order valence-corrected chi connectivity index (χ2v) is 2.78. The summed E-state index contributed by atoms with van der Waals surface area (Å²) >= 11 is 0.